The number of rotatable bonds is 12. The predicted octanol–water partition coefficient (Wildman–Crippen LogP) is 5.67. The van der Waals surface area contributed by atoms with E-state index in [0.29, 0.717) is 29.2 Å². The highest BCUT2D eigenvalue weighted by atomic mass is 32.2. The van der Waals surface area contributed by atoms with Gasteiger partial charge in [0.25, 0.3) is 17.7 Å². The summed E-state index contributed by atoms with van der Waals surface area (Å²) in [5.74, 6) is 0.0906. The third kappa shape index (κ3) is 7.89. The molecule has 3 amide bonds. The Morgan fingerprint density at radius 1 is 0.780 bits per heavy atom. The molecular formula is C32H32N4O4S. The maximum absolute atomic E-state index is 13.6. The van der Waals surface area contributed by atoms with Crippen LogP contribution in [-0.4, -0.2) is 42.9 Å². The molecule has 9 heteroatoms. The van der Waals surface area contributed by atoms with Crippen molar-refractivity contribution in [2.45, 2.75) is 12.5 Å². The summed E-state index contributed by atoms with van der Waals surface area (Å²) < 4.78 is 5.15. The number of carbonyl (C=O) groups is 3. The maximum Gasteiger partial charge on any atom is 0.261 e. The minimum Gasteiger partial charge on any atom is -0.497 e. The van der Waals surface area contributed by atoms with E-state index in [2.05, 4.69) is 16.1 Å². The zero-order valence-electron chi connectivity index (χ0n) is 22.9. The number of hydrogen-bond acceptors (Lipinski definition) is 6. The predicted molar refractivity (Wildman–Crippen MR) is 165 cm³/mol. The van der Waals surface area contributed by atoms with Crippen LogP contribution in [-0.2, 0) is 4.79 Å². The van der Waals surface area contributed by atoms with Gasteiger partial charge in [-0.15, -0.1) is 0 Å². The summed E-state index contributed by atoms with van der Waals surface area (Å²) in [4.78, 5) is 40.0. The minimum atomic E-state index is -0.824. The smallest absolute Gasteiger partial charge is 0.261 e. The minimum absolute atomic E-state index is 0.249. The normalized spacial score (nSPS) is 11.2. The summed E-state index contributed by atoms with van der Waals surface area (Å²) in [6, 6.07) is 31.5. The Morgan fingerprint density at radius 2 is 1.37 bits per heavy atom. The Balaban J connectivity index is 1.53. The number of thioether (sulfide) groups is 1. The molecule has 0 aliphatic heterocycles. The standard InChI is InChI=1S/C32H32N4O4S/c1-40-26-19-17-23(18-20-26)30(37)33-28-16-10-9-15-27(28)31(38)34-29(21-22-41-2)32(39)35-36(24-11-5-3-6-12-24)25-13-7-4-8-14-25/h3-20,29H,21-22H2,1-2H3,(H,33,37)(H,34,38)(H,35,39)/t29-/m1/s1. The Kier molecular flexibility index (Phi) is 10.4. The SMILES string of the molecule is COc1ccc(C(=O)Nc2ccccc2C(=O)N[C@H](CCSC)C(=O)NN(c2ccccc2)c2ccccc2)cc1. The van der Waals surface area contributed by atoms with E-state index in [-0.39, 0.29) is 17.4 Å². The average molecular weight is 569 g/mol. The maximum atomic E-state index is 13.6. The Bertz CT molecular complexity index is 1410. The molecule has 8 nitrogen and oxygen atoms in total. The molecule has 0 aliphatic rings. The van der Waals surface area contributed by atoms with Crippen LogP contribution in [0.3, 0.4) is 0 Å². The number of hydrogen-bond donors (Lipinski definition) is 3. The summed E-state index contributed by atoms with van der Waals surface area (Å²) >= 11 is 1.58. The van der Waals surface area contributed by atoms with Crippen LogP contribution >= 0.6 is 11.8 Å². The highest BCUT2D eigenvalue weighted by Crippen LogP contribution is 2.23. The number of nitrogens with zero attached hydrogens (tertiary/aromatic N) is 1. The van der Waals surface area contributed by atoms with Crippen LogP contribution in [0.2, 0.25) is 0 Å². The second-order valence-corrected chi connectivity index (χ2v) is 10.0. The van der Waals surface area contributed by atoms with E-state index in [9.17, 15) is 14.4 Å². The quantitative estimate of drug-likeness (QED) is 0.191. The number of benzene rings is 4. The molecule has 41 heavy (non-hydrogen) atoms. The van der Waals surface area contributed by atoms with Crippen LogP contribution in [0.1, 0.15) is 27.1 Å². The van der Waals surface area contributed by atoms with Gasteiger partial charge in [-0.1, -0.05) is 48.5 Å². The van der Waals surface area contributed by atoms with Crippen molar-refractivity contribution in [1.29, 1.82) is 0 Å². The first kappa shape index (κ1) is 29.2. The number of methoxy groups -OCH3 is 1. The molecule has 0 aromatic heterocycles. The molecule has 0 bridgehead atoms. The molecule has 0 aliphatic carbocycles. The Labute approximate surface area is 244 Å². The first-order valence-electron chi connectivity index (χ1n) is 13.0. The van der Waals surface area contributed by atoms with Crippen molar-refractivity contribution >= 4 is 46.5 Å². The lowest BCUT2D eigenvalue weighted by atomic mass is 10.1. The van der Waals surface area contributed by atoms with Gasteiger partial charge in [0, 0.05) is 5.56 Å². The van der Waals surface area contributed by atoms with Gasteiger partial charge in [-0.2, -0.15) is 11.8 Å². The summed E-state index contributed by atoms with van der Waals surface area (Å²) in [7, 11) is 1.55. The van der Waals surface area contributed by atoms with Gasteiger partial charge in [0.2, 0.25) is 0 Å². The zero-order valence-corrected chi connectivity index (χ0v) is 23.7. The first-order valence-corrected chi connectivity index (χ1v) is 14.4. The molecule has 3 N–H and O–H groups in total. The van der Waals surface area contributed by atoms with Crippen LogP contribution in [0, 0.1) is 0 Å². The van der Waals surface area contributed by atoms with E-state index < -0.39 is 11.9 Å². The topological polar surface area (TPSA) is 99.8 Å². The fourth-order valence-electron chi connectivity index (χ4n) is 4.09. The van der Waals surface area contributed by atoms with E-state index in [0.717, 1.165) is 11.4 Å². The summed E-state index contributed by atoms with van der Waals surface area (Å²) in [6.07, 6.45) is 2.36. The lowest BCUT2D eigenvalue weighted by molar-refractivity contribution is -0.123. The number of ether oxygens (including phenoxy) is 1. The monoisotopic (exact) mass is 568 g/mol. The van der Waals surface area contributed by atoms with Crippen molar-refractivity contribution in [2.75, 3.05) is 29.4 Å². The van der Waals surface area contributed by atoms with Crippen molar-refractivity contribution in [3.8, 4) is 5.75 Å². The van der Waals surface area contributed by atoms with Crippen LogP contribution in [0.4, 0.5) is 17.1 Å². The van der Waals surface area contributed by atoms with E-state index in [4.69, 9.17) is 4.74 Å². The number of hydrazine groups is 1. The van der Waals surface area contributed by atoms with Crippen LogP contribution in [0.15, 0.2) is 109 Å². The molecule has 4 aromatic rings. The van der Waals surface area contributed by atoms with Gasteiger partial charge in [-0.3, -0.25) is 24.8 Å². The molecule has 0 heterocycles. The van der Waals surface area contributed by atoms with Gasteiger partial charge in [0.05, 0.1) is 29.7 Å². The lowest BCUT2D eigenvalue weighted by Gasteiger charge is -2.28. The highest BCUT2D eigenvalue weighted by Gasteiger charge is 2.25. The molecule has 0 saturated heterocycles. The Hall–Kier alpha value is -4.76. The summed E-state index contributed by atoms with van der Waals surface area (Å²) in [5.41, 5.74) is 5.53. The second kappa shape index (κ2) is 14.6. The number of anilines is 3. The van der Waals surface area contributed by atoms with Crippen molar-refractivity contribution in [1.82, 2.24) is 10.7 Å². The van der Waals surface area contributed by atoms with Crippen LogP contribution in [0.25, 0.3) is 0 Å². The molecule has 4 aromatic carbocycles. The molecule has 1 atom stereocenters. The summed E-state index contributed by atoms with van der Waals surface area (Å²) in [5, 5.41) is 7.40. The van der Waals surface area contributed by atoms with Crippen molar-refractivity contribution in [3.63, 3.8) is 0 Å². The lowest BCUT2D eigenvalue weighted by Crippen LogP contribution is -2.51. The molecule has 210 valence electrons. The number of para-hydroxylation sites is 3. The zero-order chi connectivity index (χ0) is 29.0. The van der Waals surface area contributed by atoms with Gasteiger partial charge in [0.15, 0.2) is 0 Å². The van der Waals surface area contributed by atoms with Gasteiger partial charge >= 0.3 is 0 Å². The van der Waals surface area contributed by atoms with E-state index >= 15 is 0 Å². The first-order chi connectivity index (χ1) is 20.0. The van der Waals surface area contributed by atoms with Crippen molar-refractivity contribution < 1.29 is 19.1 Å². The highest BCUT2D eigenvalue weighted by molar-refractivity contribution is 7.98. The number of carbonyl (C=O) groups excluding carboxylic acids is 3. The molecule has 0 spiro atoms. The van der Waals surface area contributed by atoms with Gasteiger partial charge in [0.1, 0.15) is 11.8 Å². The molecule has 0 unspecified atom stereocenters. The fourth-order valence-corrected chi connectivity index (χ4v) is 4.56. The van der Waals surface area contributed by atoms with E-state index in [1.165, 1.54) is 0 Å². The van der Waals surface area contributed by atoms with Crippen LogP contribution in [0.5, 0.6) is 5.75 Å². The van der Waals surface area contributed by atoms with Gasteiger partial charge in [-0.05, 0) is 79.1 Å². The average Bonchev–Trinajstić information content (AvgIpc) is 3.02. The number of amides is 3. The number of nitrogens with one attached hydrogen (secondary N) is 3. The molecular weight excluding hydrogens is 536 g/mol. The third-order valence-corrected chi connectivity index (χ3v) is 6.90. The van der Waals surface area contributed by atoms with Gasteiger partial charge in [-0.25, -0.2) is 0 Å². The Morgan fingerprint density at radius 3 is 1.95 bits per heavy atom. The van der Waals surface area contributed by atoms with Crippen molar-refractivity contribution in [3.05, 3.63) is 120 Å². The third-order valence-electron chi connectivity index (χ3n) is 6.26. The second-order valence-electron chi connectivity index (χ2n) is 9.02. The summed E-state index contributed by atoms with van der Waals surface area (Å²) in [6.45, 7) is 0. The molecule has 0 radical (unpaired) electrons. The van der Waals surface area contributed by atoms with E-state index in [1.54, 1.807) is 72.4 Å². The van der Waals surface area contributed by atoms with E-state index in [1.807, 2.05) is 66.9 Å². The molecule has 4 rings (SSSR count). The molecule has 0 fully saturated rings. The van der Waals surface area contributed by atoms with Crippen LogP contribution < -0.4 is 25.8 Å². The van der Waals surface area contributed by atoms with Gasteiger partial charge < -0.3 is 15.4 Å². The largest absolute Gasteiger partial charge is 0.497 e. The fraction of sp³-hybridized carbons (Fsp3) is 0.156. The van der Waals surface area contributed by atoms with Crippen molar-refractivity contribution in [2.24, 2.45) is 0 Å². The molecule has 0 saturated carbocycles.